The van der Waals surface area contributed by atoms with Gasteiger partial charge in [0.2, 0.25) is 11.0 Å². The van der Waals surface area contributed by atoms with Gasteiger partial charge >= 0.3 is 0 Å². The minimum absolute atomic E-state index is 0.0954. The van der Waals surface area contributed by atoms with Crippen molar-refractivity contribution in [3.8, 4) is 11.5 Å². The van der Waals surface area contributed by atoms with Crippen LogP contribution in [0.25, 0.3) is 0 Å². The summed E-state index contributed by atoms with van der Waals surface area (Å²) in [7, 11) is 3.13. The number of aromatic nitrogens is 2. The number of aryl methyl sites for hydroxylation is 1. The molecule has 12 heteroatoms. The lowest BCUT2D eigenvalue weighted by atomic mass is 9.95. The SMILES string of the molecule is CCc1nnc(NC(=O)CSC2=N[C@@H](c3ccc(OC)cc3OC)C(C(=O)Nc3ccccc3)=C(C)N2)s1. The summed E-state index contributed by atoms with van der Waals surface area (Å²) >= 11 is 2.58. The molecule has 0 spiro atoms. The summed E-state index contributed by atoms with van der Waals surface area (Å²) in [6.07, 6.45) is 0.755. The second-order valence-electron chi connectivity index (χ2n) is 8.12. The first-order valence-corrected chi connectivity index (χ1v) is 13.6. The van der Waals surface area contributed by atoms with E-state index in [4.69, 9.17) is 14.5 Å². The van der Waals surface area contributed by atoms with Crippen molar-refractivity contribution >= 4 is 50.9 Å². The van der Waals surface area contributed by atoms with Crippen LogP contribution in [0.2, 0.25) is 0 Å². The third-order valence-electron chi connectivity index (χ3n) is 5.59. The summed E-state index contributed by atoms with van der Waals surface area (Å²) < 4.78 is 11.0. The van der Waals surface area contributed by atoms with E-state index in [0.29, 0.717) is 44.3 Å². The zero-order valence-corrected chi connectivity index (χ0v) is 23.0. The monoisotopic (exact) mass is 552 g/mol. The molecule has 0 saturated carbocycles. The number of para-hydroxylation sites is 1. The number of thioether (sulfide) groups is 1. The number of benzene rings is 2. The number of nitrogens with zero attached hydrogens (tertiary/aromatic N) is 3. The highest BCUT2D eigenvalue weighted by molar-refractivity contribution is 8.14. The molecular weight excluding hydrogens is 524 g/mol. The molecule has 2 heterocycles. The molecule has 0 radical (unpaired) electrons. The standard InChI is InChI=1S/C26H28N6O4S2/c1-5-21-31-32-26(38-21)29-20(33)14-37-25-27-15(2)22(24(34)28-16-9-7-6-8-10-16)23(30-25)18-12-11-17(35-3)13-19(18)36-4/h6-13,23H,5,14H2,1-4H3,(H,27,30)(H,28,34)(H,29,32,33)/t23-/m0/s1. The molecule has 1 aromatic heterocycles. The maximum Gasteiger partial charge on any atom is 0.255 e. The van der Waals surface area contributed by atoms with Crippen molar-refractivity contribution in [3.05, 3.63) is 70.4 Å². The Hall–Kier alpha value is -3.90. The molecule has 2 amide bonds. The van der Waals surface area contributed by atoms with Crippen LogP contribution in [0.1, 0.15) is 30.5 Å². The molecule has 198 valence electrons. The highest BCUT2D eigenvalue weighted by Crippen LogP contribution is 2.39. The van der Waals surface area contributed by atoms with Crippen LogP contribution in [-0.4, -0.2) is 47.2 Å². The number of nitrogens with one attached hydrogen (secondary N) is 3. The Balaban J connectivity index is 1.59. The summed E-state index contributed by atoms with van der Waals surface area (Å²) in [6, 6.07) is 13.9. The van der Waals surface area contributed by atoms with Gasteiger partial charge in [0, 0.05) is 23.0 Å². The molecule has 1 aliphatic heterocycles. The summed E-state index contributed by atoms with van der Waals surface area (Å²) in [6.45, 7) is 3.79. The number of rotatable bonds is 9. The normalized spacial score (nSPS) is 14.8. The van der Waals surface area contributed by atoms with E-state index in [-0.39, 0.29) is 17.6 Å². The first-order valence-electron chi connectivity index (χ1n) is 11.8. The Morgan fingerprint density at radius 2 is 1.87 bits per heavy atom. The van der Waals surface area contributed by atoms with Gasteiger partial charge in [0.05, 0.1) is 25.5 Å². The van der Waals surface area contributed by atoms with E-state index < -0.39 is 6.04 Å². The van der Waals surface area contributed by atoms with Gasteiger partial charge < -0.3 is 20.1 Å². The molecular formula is C26H28N6O4S2. The molecule has 0 aliphatic carbocycles. The Kier molecular flexibility index (Phi) is 8.98. The number of methoxy groups -OCH3 is 2. The number of carbonyl (C=O) groups excluding carboxylic acids is 2. The Bertz CT molecular complexity index is 1370. The first-order chi connectivity index (χ1) is 18.4. The number of ether oxygens (including phenoxy) is 2. The molecule has 0 bridgehead atoms. The van der Waals surface area contributed by atoms with Crippen molar-refractivity contribution in [1.29, 1.82) is 0 Å². The van der Waals surface area contributed by atoms with Crippen molar-refractivity contribution in [3.63, 3.8) is 0 Å². The van der Waals surface area contributed by atoms with E-state index in [1.165, 1.54) is 23.1 Å². The molecule has 0 unspecified atom stereocenters. The Morgan fingerprint density at radius 3 is 2.55 bits per heavy atom. The lowest BCUT2D eigenvalue weighted by molar-refractivity contribution is -0.114. The van der Waals surface area contributed by atoms with E-state index >= 15 is 0 Å². The largest absolute Gasteiger partial charge is 0.497 e. The van der Waals surface area contributed by atoms with Crippen molar-refractivity contribution in [2.75, 3.05) is 30.6 Å². The van der Waals surface area contributed by atoms with Crippen LogP contribution in [0, 0.1) is 0 Å². The molecule has 10 nitrogen and oxygen atoms in total. The van der Waals surface area contributed by atoms with Crippen molar-refractivity contribution in [2.45, 2.75) is 26.3 Å². The Labute approximate surface area is 228 Å². The summed E-state index contributed by atoms with van der Waals surface area (Å²) in [5, 5.41) is 18.7. The van der Waals surface area contributed by atoms with Crippen molar-refractivity contribution in [1.82, 2.24) is 15.5 Å². The zero-order chi connectivity index (χ0) is 27.1. The third kappa shape index (κ3) is 6.50. The minimum Gasteiger partial charge on any atom is -0.497 e. The molecule has 0 fully saturated rings. The first kappa shape index (κ1) is 27.1. The molecule has 3 aromatic rings. The maximum absolute atomic E-state index is 13.5. The number of carbonyl (C=O) groups is 2. The number of amides is 2. The fourth-order valence-corrected chi connectivity index (χ4v) is 5.18. The van der Waals surface area contributed by atoms with Crippen LogP contribution in [0.3, 0.4) is 0 Å². The van der Waals surface area contributed by atoms with Gasteiger partial charge in [0.1, 0.15) is 22.5 Å². The van der Waals surface area contributed by atoms with Gasteiger partial charge in [-0.1, -0.05) is 48.2 Å². The van der Waals surface area contributed by atoms with Crippen molar-refractivity contribution < 1.29 is 19.1 Å². The van der Waals surface area contributed by atoms with E-state index in [9.17, 15) is 9.59 Å². The maximum atomic E-state index is 13.5. The molecule has 4 rings (SSSR count). The summed E-state index contributed by atoms with van der Waals surface area (Å²) in [5.74, 6) is 0.721. The van der Waals surface area contributed by atoms with E-state index in [1.54, 1.807) is 26.4 Å². The predicted octanol–water partition coefficient (Wildman–Crippen LogP) is 4.40. The van der Waals surface area contributed by atoms with Gasteiger partial charge in [-0.05, 0) is 37.6 Å². The quantitative estimate of drug-likeness (QED) is 0.357. The van der Waals surface area contributed by atoms with Crippen LogP contribution in [0.4, 0.5) is 10.8 Å². The highest BCUT2D eigenvalue weighted by Gasteiger charge is 2.32. The highest BCUT2D eigenvalue weighted by atomic mass is 32.2. The van der Waals surface area contributed by atoms with Crippen LogP contribution >= 0.6 is 23.1 Å². The minimum atomic E-state index is -0.679. The number of hydrogen-bond donors (Lipinski definition) is 3. The van der Waals surface area contributed by atoms with E-state index in [0.717, 1.165) is 11.4 Å². The average Bonchev–Trinajstić information content (AvgIpc) is 3.39. The van der Waals surface area contributed by atoms with Gasteiger partial charge in [-0.15, -0.1) is 10.2 Å². The molecule has 3 N–H and O–H groups in total. The van der Waals surface area contributed by atoms with Crippen LogP contribution in [-0.2, 0) is 16.0 Å². The number of hydrogen-bond acceptors (Lipinski definition) is 10. The number of aliphatic imine (C=N–C) groups is 1. The van der Waals surface area contributed by atoms with Crippen LogP contribution in [0.15, 0.2) is 64.8 Å². The van der Waals surface area contributed by atoms with Crippen LogP contribution < -0.4 is 25.4 Å². The van der Waals surface area contributed by atoms with E-state index in [1.807, 2.05) is 50.2 Å². The molecule has 1 atom stereocenters. The number of amidine groups is 1. The van der Waals surface area contributed by atoms with Crippen LogP contribution in [0.5, 0.6) is 11.5 Å². The molecule has 38 heavy (non-hydrogen) atoms. The fraction of sp³-hybridized carbons (Fsp3) is 0.269. The Morgan fingerprint density at radius 1 is 1.08 bits per heavy atom. The topological polar surface area (TPSA) is 127 Å². The second-order valence-corrected chi connectivity index (χ2v) is 10.1. The summed E-state index contributed by atoms with van der Waals surface area (Å²) in [5.41, 5.74) is 2.42. The molecule has 2 aromatic carbocycles. The number of allylic oxidation sites excluding steroid dienone is 1. The van der Waals surface area contributed by atoms with Gasteiger partial charge in [-0.2, -0.15) is 0 Å². The second kappa shape index (κ2) is 12.6. The van der Waals surface area contributed by atoms with Crippen molar-refractivity contribution in [2.24, 2.45) is 4.99 Å². The molecule has 0 saturated heterocycles. The lowest BCUT2D eigenvalue weighted by Crippen LogP contribution is -2.33. The zero-order valence-electron chi connectivity index (χ0n) is 21.4. The van der Waals surface area contributed by atoms with Gasteiger partial charge in [-0.25, -0.2) is 4.99 Å². The van der Waals surface area contributed by atoms with Gasteiger partial charge in [0.15, 0.2) is 5.17 Å². The van der Waals surface area contributed by atoms with E-state index in [2.05, 4.69) is 26.1 Å². The third-order valence-corrected chi connectivity index (χ3v) is 7.46. The smallest absolute Gasteiger partial charge is 0.255 e. The lowest BCUT2D eigenvalue weighted by Gasteiger charge is -2.27. The number of anilines is 2. The average molecular weight is 553 g/mol. The summed E-state index contributed by atoms with van der Waals surface area (Å²) in [4.78, 5) is 30.8. The fourth-order valence-electron chi connectivity index (χ4n) is 3.74. The molecule has 1 aliphatic rings. The predicted molar refractivity (Wildman–Crippen MR) is 151 cm³/mol. The van der Waals surface area contributed by atoms with Gasteiger partial charge in [-0.3, -0.25) is 14.9 Å². The van der Waals surface area contributed by atoms with Gasteiger partial charge in [0.25, 0.3) is 5.91 Å².